The predicted molar refractivity (Wildman–Crippen MR) is 84.7 cm³/mol. The van der Waals surface area contributed by atoms with Gasteiger partial charge >= 0.3 is 0 Å². The van der Waals surface area contributed by atoms with Gasteiger partial charge in [0.1, 0.15) is 11.3 Å². The fraction of sp³-hybridized carbons (Fsp3) is 0.429. The van der Waals surface area contributed by atoms with Gasteiger partial charge in [-0.05, 0) is 0 Å². The molecule has 3 rings (SSSR count). The Kier molecular flexibility index (Phi) is 4.88. The highest BCUT2D eigenvalue weighted by molar-refractivity contribution is 7.07. The van der Waals surface area contributed by atoms with Crippen molar-refractivity contribution >= 4 is 23.2 Å². The van der Waals surface area contributed by atoms with Gasteiger partial charge in [0.25, 0.3) is 11.8 Å². The van der Waals surface area contributed by atoms with E-state index in [9.17, 15) is 14.7 Å². The van der Waals surface area contributed by atoms with Crippen LogP contribution in [0.3, 0.4) is 0 Å². The Morgan fingerprint density at radius 1 is 1.50 bits per heavy atom. The van der Waals surface area contributed by atoms with Crippen LogP contribution in [-0.2, 0) is 4.74 Å². The molecule has 9 nitrogen and oxygen atoms in total. The molecular formula is C14H17N5O4S. The normalized spacial score (nSPS) is 21.3. The van der Waals surface area contributed by atoms with Crippen molar-refractivity contribution in [1.82, 2.24) is 25.2 Å². The Morgan fingerprint density at radius 3 is 3.08 bits per heavy atom. The highest BCUT2D eigenvalue weighted by atomic mass is 32.1. The smallest absolute Gasteiger partial charge is 0.289 e. The Morgan fingerprint density at radius 2 is 2.38 bits per heavy atom. The number of nitrogens with one attached hydrogen (secondary N) is 2. The van der Waals surface area contributed by atoms with E-state index in [0.717, 1.165) is 0 Å². The first-order chi connectivity index (χ1) is 11.6. The lowest BCUT2D eigenvalue weighted by Crippen LogP contribution is -2.53. The molecule has 0 unspecified atom stereocenters. The predicted octanol–water partition coefficient (Wildman–Crippen LogP) is -0.500. The van der Waals surface area contributed by atoms with Crippen LogP contribution in [0.1, 0.15) is 21.1 Å². The van der Waals surface area contributed by atoms with E-state index in [-0.39, 0.29) is 37.3 Å². The lowest BCUT2D eigenvalue weighted by molar-refractivity contribution is -0.0325. The van der Waals surface area contributed by atoms with Crippen molar-refractivity contribution in [3.05, 3.63) is 34.8 Å². The molecule has 3 N–H and O–H groups in total. The molecule has 2 amide bonds. The molecule has 2 aromatic heterocycles. The van der Waals surface area contributed by atoms with Gasteiger partial charge in [-0.2, -0.15) is 0 Å². The van der Waals surface area contributed by atoms with E-state index >= 15 is 0 Å². The lowest BCUT2D eigenvalue weighted by atomic mass is 10.0. The van der Waals surface area contributed by atoms with Gasteiger partial charge in [0, 0.05) is 24.3 Å². The number of imidazole rings is 1. The number of aromatic amines is 1. The number of carbonyl (C=O) groups excluding carboxylic acids is 2. The van der Waals surface area contributed by atoms with Crippen molar-refractivity contribution in [1.29, 1.82) is 0 Å². The topological polar surface area (TPSA) is 120 Å². The van der Waals surface area contributed by atoms with E-state index in [0.29, 0.717) is 18.8 Å². The second-order valence-corrected chi connectivity index (χ2v) is 6.22. The molecule has 0 aromatic carbocycles. The zero-order valence-corrected chi connectivity index (χ0v) is 13.6. The van der Waals surface area contributed by atoms with Gasteiger partial charge in [0.2, 0.25) is 0 Å². The number of thiazole rings is 1. The van der Waals surface area contributed by atoms with Gasteiger partial charge in [-0.25, -0.2) is 9.97 Å². The largest absolute Gasteiger partial charge is 0.384 e. The maximum atomic E-state index is 12.4. The summed E-state index contributed by atoms with van der Waals surface area (Å²) in [4.78, 5) is 36.4. The first-order valence-corrected chi connectivity index (χ1v) is 8.27. The second kappa shape index (κ2) is 7.07. The summed E-state index contributed by atoms with van der Waals surface area (Å²) in [6.07, 6.45) is 3.05. The first-order valence-electron chi connectivity index (χ1n) is 7.33. The molecular weight excluding hydrogens is 334 g/mol. The average molecular weight is 351 g/mol. The summed E-state index contributed by atoms with van der Waals surface area (Å²) >= 11 is 1.31. The van der Waals surface area contributed by atoms with Crippen molar-refractivity contribution in [2.24, 2.45) is 0 Å². The van der Waals surface area contributed by atoms with Crippen LogP contribution >= 0.6 is 11.3 Å². The molecule has 0 radical (unpaired) electrons. The van der Waals surface area contributed by atoms with Gasteiger partial charge in [0.05, 0.1) is 31.8 Å². The van der Waals surface area contributed by atoms with Crippen LogP contribution in [0.4, 0.5) is 0 Å². The maximum absolute atomic E-state index is 12.4. The molecule has 0 aliphatic carbocycles. The number of nitrogens with zero attached hydrogens (tertiary/aromatic N) is 3. The summed E-state index contributed by atoms with van der Waals surface area (Å²) in [6.45, 7) is 0.637. The molecule has 2 aromatic rings. The minimum Gasteiger partial charge on any atom is -0.384 e. The summed E-state index contributed by atoms with van der Waals surface area (Å²) in [7, 11) is 0. The van der Waals surface area contributed by atoms with Gasteiger partial charge in [-0.3, -0.25) is 9.59 Å². The van der Waals surface area contributed by atoms with E-state index < -0.39 is 5.60 Å². The van der Waals surface area contributed by atoms with Crippen LogP contribution in [0.2, 0.25) is 0 Å². The summed E-state index contributed by atoms with van der Waals surface area (Å²) in [5.74, 6) is -0.502. The van der Waals surface area contributed by atoms with Crippen LogP contribution < -0.4 is 5.32 Å². The van der Waals surface area contributed by atoms with E-state index in [1.807, 2.05) is 0 Å². The molecule has 0 spiro atoms. The van der Waals surface area contributed by atoms with Crippen molar-refractivity contribution in [2.75, 3.05) is 32.8 Å². The molecule has 24 heavy (non-hydrogen) atoms. The molecule has 1 atom stereocenters. The van der Waals surface area contributed by atoms with Crippen LogP contribution in [-0.4, -0.2) is 75.2 Å². The second-order valence-electron chi connectivity index (χ2n) is 5.50. The minimum absolute atomic E-state index is 0.0201. The zero-order chi connectivity index (χ0) is 17.0. The lowest BCUT2D eigenvalue weighted by Gasteiger charge is -2.30. The number of rotatable bonds is 4. The van der Waals surface area contributed by atoms with Crippen LogP contribution in [0.15, 0.2) is 23.3 Å². The minimum atomic E-state index is -1.38. The number of ether oxygens (including phenoxy) is 1. The number of hydrogen-bond donors (Lipinski definition) is 3. The van der Waals surface area contributed by atoms with Crippen molar-refractivity contribution in [3.8, 4) is 0 Å². The van der Waals surface area contributed by atoms with Crippen LogP contribution in [0.5, 0.6) is 0 Å². The average Bonchev–Trinajstić information content (AvgIpc) is 3.25. The summed E-state index contributed by atoms with van der Waals surface area (Å²) in [5, 5.41) is 15.0. The molecule has 1 aliphatic heterocycles. The number of β-amino-alcohol motifs (C(OH)–C–C–N with tert-alkyl or cyclic N) is 1. The number of aromatic nitrogens is 3. The van der Waals surface area contributed by atoms with Gasteiger partial charge in [-0.1, -0.05) is 0 Å². The van der Waals surface area contributed by atoms with Crippen molar-refractivity contribution in [3.63, 3.8) is 0 Å². The maximum Gasteiger partial charge on any atom is 0.289 e. The zero-order valence-electron chi connectivity index (χ0n) is 12.8. The monoisotopic (exact) mass is 351 g/mol. The SMILES string of the molecule is O=C(NC[C@]1(O)COCCN(C(=O)c2ncc[nH]2)C1)c1cscn1. The third kappa shape index (κ3) is 3.78. The van der Waals surface area contributed by atoms with Gasteiger partial charge in [0.15, 0.2) is 5.82 Å². The molecule has 1 saturated heterocycles. The van der Waals surface area contributed by atoms with Crippen molar-refractivity contribution < 1.29 is 19.4 Å². The molecule has 0 bridgehead atoms. The number of carbonyl (C=O) groups is 2. The van der Waals surface area contributed by atoms with Crippen molar-refractivity contribution in [2.45, 2.75) is 5.60 Å². The van der Waals surface area contributed by atoms with Crippen LogP contribution in [0.25, 0.3) is 0 Å². The Labute approximate surface area is 141 Å². The van der Waals surface area contributed by atoms with E-state index in [1.54, 1.807) is 17.1 Å². The van der Waals surface area contributed by atoms with Gasteiger partial charge < -0.3 is 25.0 Å². The first kappa shape index (κ1) is 16.6. The standard InChI is InChI=1S/C14H17N5O4S/c20-12(10-5-24-9-18-10)17-6-14(22)7-19(3-4-23-8-14)13(21)11-15-1-2-16-11/h1-2,5,9,22H,3-4,6-8H2,(H,15,16)(H,17,20)/t14-/m1/s1. The number of amides is 2. The molecule has 0 saturated carbocycles. The molecule has 10 heteroatoms. The molecule has 3 heterocycles. The Balaban J connectivity index is 1.64. The fourth-order valence-electron chi connectivity index (χ4n) is 2.39. The van der Waals surface area contributed by atoms with Crippen LogP contribution in [0, 0.1) is 0 Å². The third-order valence-corrected chi connectivity index (χ3v) is 4.18. The number of H-pyrrole nitrogens is 1. The summed E-state index contributed by atoms with van der Waals surface area (Å²) in [5.41, 5.74) is 0.466. The summed E-state index contributed by atoms with van der Waals surface area (Å²) in [6, 6.07) is 0. The fourth-order valence-corrected chi connectivity index (χ4v) is 2.92. The van der Waals surface area contributed by atoms with Gasteiger partial charge in [-0.15, -0.1) is 11.3 Å². The third-order valence-electron chi connectivity index (χ3n) is 3.59. The summed E-state index contributed by atoms with van der Waals surface area (Å²) < 4.78 is 5.39. The highest BCUT2D eigenvalue weighted by Gasteiger charge is 2.35. The molecule has 1 aliphatic rings. The number of hydrogen-bond acceptors (Lipinski definition) is 7. The Hall–Kier alpha value is -2.30. The quantitative estimate of drug-likeness (QED) is 0.683. The molecule has 1 fully saturated rings. The number of aliphatic hydroxyl groups is 1. The molecule has 128 valence electrons. The highest BCUT2D eigenvalue weighted by Crippen LogP contribution is 2.14. The van der Waals surface area contributed by atoms with E-state index in [4.69, 9.17) is 4.74 Å². The Bertz CT molecular complexity index is 690. The van der Waals surface area contributed by atoms with E-state index in [2.05, 4.69) is 20.3 Å². The van der Waals surface area contributed by atoms with E-state index in [1.165, 1.54) is 22.4 Å².